The van der Waals surface area contributed by atoms with Gasteiger partial charge in [-0.05, 0) is 32.3 Å². The molecule has 1 aliphatic carbocycles. The zero-order chi connectivity index (χ0) is 18.4. The topological polar surface area (TPSA) is 54.7 Å². The van der Waals surface area contributed by atoms with Crippen LogP contribution in [0.4, 0.5) is 0 Å². The molecular formula is C20H30IN5O. The standard InChI is InChI=1S/C20H29N5O.HI/c1-4-21-20(24(2)14-16-12-23-25(3)15-16)22-13-17-8-5-6-11-19(17)26-18-9-7-10-18;/h5-6,8,11-12,15,18H,4,7,9-10,13-14H2,1-3H3,(H,21,22);1H. The van der Waals surface area contributed by atoms with E-state index in [-0.39, 0.29) is 24.0 Å². The average Bonchev–Trinajstić information content (AvgIpc) is 3.00. The fraction of sp³-hybridized carbons (Fsp3) is 0.500. The summed E-state index contributed by atoms with van der Waals surface area (Å²) in [4.78, 5) is 6.94. The Kier molecular flexibility index (Phi) is 8.40. The van der Waals surface area contributed by atoms with Crippen LogP contribution in [-0.4, -0.2) is 40.3 Å². The number of rotatable bonds is 7. The Morgan fingerprint density at radius 1 is 1.37 bits per heavy atom. The quantitative estimate of drug-likeness (QED) is 0.372. The van der Waals surface area contributed by atoms with Crippen molar-refractivity contribution in [1.29, 1.82) is 0 Å². The van der Waals surface area contributed by atoms with E-state index < -0.39 is 0 Å². The van der Waals surface area contributed by atoms with Crippen molar-refractivity contribution in [3.05, 3.63) is 47.8 Å². The summed E-state index contributed by atoms with van der Waals surface area (Å²) < 4.78 is 7.94. The summed E-state index contributed by atoms with van der Waals surface area (Å²) in [7, 11) is 3.98. The summed E-state index contributed by atoms with van der Waals surface area (Å²) in [5.41, 5.74) is 2.29. The molecule has 0 amide bonds. The largest absolute Gasteiger partial charge is 0.490 e. The maximum Gasteiger partial charge on any atom is 0.194 e. The Labute approximate surface area is 179 Å². The van der Waals surface area contributed by atoms with E-state index in [1.54, 1.807) is 0 Å². The maximum atomic E-state index is 6.12. The number of aromatic nitrogens is 2. The number of nitrogens with zero attached hydrogens (tertiary/aromatic N) is 4. The van der Waals surface area contributed by atoms with Crippen LogP contribution in [0.2, 0.25) is 0 Å². The van der Waals surface area contributed by atoms with Gasteiger partial charge in [-0.3, -0.25) is 4.68 Å². The van der Waals surface area contributed by atoms with E-state index in [4.69, 9.17) is 9.73 Å². The number of halogens is 1. The minimum Gasteiger partial charge on any atom is -0.490 e. The van der Waals surface area contributed by atoms with Gasteiger partial charge in [-0.2, -0.15) is 5.10 Å². The van der Waals surface area contributed by atoms with Gasteiger partial charge in [-0.15, -0.1) is 24.0 Å². The van der Waals surface area contributed by atoms with Crippen molar-refractivity contribution in [1.82, 2.24) is 20.0 Å². The summed E-state index contributed by atoms with van der Waals surface area (Å²) in [5.74, 6) is 1.85. The Bertz CT molecular complexity index is 741. The van der Waals surface area contributed by atoms with Crippen LogP contribution in [0.15, 0.2) is 41.7 Å². The maximum absolute atomic E-state index is 6.12. The van der Waals surface area contributed by atoms with Gasteiger partial charge in [0.2, 0.25) is 0 Å². The van der Waals surface area contributed by atoms with E-state index in [0.717, 1.165) is 48.8 Å². The first-order valence-corrected chi connectivity index (χ1v) is 9.37. The van der Waals surface area contributed by atoms with Crippen molar-refractivity contribution in [3.8, 4) is 5.75 Å². The van der Waals surface area contributed by atoms with E-state index >= 15 is 0 Å². The molecule has 1 aromatic carbocycles. The number of hydrogen-bond donors (Lipinski definition) is 1. The van der Waals surface area contributed by atoms with Crippen molar-refractivity contribution in [3.63, 3.8) is 0 Å². The number of guanidine groups is 1. The zero-order valence-electron chi connectivity index (χ0n) is 16.4. The molecule has 1 aliphatic rings. The van der Waals surface area contributed by atoms with Crippen molar-refractivity contribution in [2.45, 2.75) is 45.4 Å². The molecular weight excluding hydrogens is 453 g/mol. The van der Waals surface area contributed by atoms with Crippen LogP contribution in [0.25, 0.3) is 0 Å². The van der Waals surface area contributed by atoms with Gasteiger partial charge in [0.25, 0.3) is 0 Å². The van der Waals surface area contributed by atoms with Crippen molar-refractivity contribution in [2.75, 3.05) is 13.6 Å². The van der Waals surface area contributed by atoms with E-state index in [1.165, 1.54) is 6.42 Å². The molecule has 0 saturated heterocycles. The number of nitrogens with one attached hydrogen (secondary N) is 1. The van der Waals surface area contributed by atoms with E-state index in [9.17, 15) is 0 Å². The number of aryl methyl sites for hydroxylation is 1. The highest BCUT2D eigenvalue weighted by atomic mass is 127. The lowest BCUT2D eigenvalue weighted by Crippen LogP contribution is -2.38. The summed E-state index contributed by atoms with van der Waals surface area (Å²) in [6, 6.07) is 8.23. The third-order valence-electron chi connectivity index (χ3n) is 4.59. The number of aliphatic imine (C=N–C) groups is 1. The van der Waals surface area contributed by atoms with Gasteiger partial charge in [0.15, 0.2) is 5.96 Å². The highest BCUT2D eigenvalue weighted by Crippen LogP contribution is 2.27. The predicted molar refractivity (Wildman–Crippen MR) is 120 cm³/mol. The van der Waals surface area contributed by atoms with Crippen LogP contribution in [0.5, 0.6) is 5.75 Å². The average molecular weight is 483 g/mol. The number of ether oxygens (including phenoxy) is 1. The summed E-state index contributed by atoms with van der Waals surface area (Å²) in [6.45, 7) is 4.28. The summed E-state index contributed by atoms with van der Waals surface area (Å²) in [6.07, 6.45) is 7.89. The first-order chi connectivity index (χ1) is 12.7. The van der Waals surface area contributed by atoms with Crippen molar-refractivity contribution in [2.24, 2.45) is 12.0 Å². The second kappa shape index (κ2) is 10.5. The third-order valence-corrected chi connectivity index (χ3v) is 4.59. The molecule has 27 heavy (non-hydrogen) atoms. The van der Waals surface area contributed by atoms with Gasteiger partial charge in [0.05, 0.1) is 18.8 Å². The van der Waals surface area contributed by atoms with Gasteiger partial charge in [-0.25, -0.2) is 4.99 Å². The number of benzene rings is 1. The molecule has 3 rings (SSSR count). The molecule has 0 unspecified atom stereocenters. The van der Waals surface area contributed by atoms with Crippen molar-refractivity contribution >= 4 is 29.9 Å². The fourth-order valence-electron chi connectivity index (χ4n) is 2.95. The molecule has 0 aliphatic heterocycles. The van der Waals surface area contributed by atoms with Crippen molar-refractivity contribution < 1.29 is 4.74 Å². The molecule has 1 N–H and O–H groups in total. The highest BCUT2D eigenvalue weighted by molar-refractivity contribution is 14.0. The Morgan fingerprint density at radius 2 is 2.15 bits per heavy atom. The Balaban J connectivity index is 0.00000261. The number of hydrogen-bond acceptors (Lipinski definition) is 3. The van der Waals surface area contributed by atoms with Gasteiger partial charge in [0, 0.05) is 44.5 Å². The Morgan fingerprint density at radius 3 is 2.78 bits per heavy atom. The van der Waals surface area contributed by atoms with Crippen LogP contribution in [-0.2, 0) is 20.1 Å². The van der Waals surface area contributed by atoms with Crippen LogP contribution in [0, 0.1) is 0 Å². The van der Waals surface area contributed by atoms with E-state index in [1.807, 2.05) is 43.3 Å². The molecule has 6 nitrogen and oxygen atoms in total. The summed E-state index contributed by atoms with van der Waals surface area (Å²) in [5, 5.41) is 7.60. The van der Waals surface area contributed by atoms with E-state index in [2.05, 4.69) is 34.4 Å². The monoisotopic (exact) mass is 483 g/mol. The fourth-order valence-corrected chi connectivity index (χ4v) is 2.95. The van der Waals surface area contributed by atoms with Gasteiger partial charge in [-0.1, -0.05) is 18.2 Å². The molecule has 0 atom stereocenters. The molecule has 2 aromatic rings. The molecule has 1 heterocycles. The first kappa shape index (κ1) is 21.5. The molecule has 1 fully saturated rings. The molecule has 7 heteroatoms. The SMILES string of the molecule is CCNC(=NCc1ccccc1OC1CCC1)N(C)Cc1cnn(C)c1.I. The minimum atomic E-state index is 0. The predicted octanol–water partition coefficient (Wildman–Crippen LogP) is 3.57. The Hall–Kier alpha value is -1.77. The summed E-state index contributed by atoms with van der Waals surface area (Å²) >= 11 is 0. The minimum absolute atomic E-state index is 0. The molecule has 0 radical (unpaired) electrons. The smallest absolute Gasteiger partial charge is 0.194 e. The zero-order valence-corrected chi connectivity index (χ0v) is 18.7. The van der Waals surface area contributed by atoms with Gasteiger partial charge < -0.3 is 15.0 Å². The van der Waals surface area contributed by atoms with E-state index in [0.29, 0.717) is 12.6 Å². The van der Waals surface area contributed by atoms with Gasteiger partial charge >= 0.3 is 0 Å². The lowest BCUT2D eigenvalue weighted by molar-refractivity contribution is 0.119. The van der Waals surface area contributed by atoms with Crippen LogP contribution in [0.3, 0.4) is 0 Å². The second-order valence-corrected chi connectivity index (χ2v) is 6.83. The second-order valence-electron chi connectivity index (χ2n) is 6.83. The molecule has 1 aromatic heterocycles. The first-order valence-electron chi connectivity index (χ1n) is 9.37. The third kappa shape index (κ3) is 6.12. The highest BCUT2D eigenvalue weighted by Gasteiger charge is 2.20. The molecule has 0 spiro atoms. The van der Waals surface area contributed by atoms with Crippen LogP contribution < -0.4 is 10.1 Å². The molecule has 148 valence electrons. The normalized spacial score (nSPS) is 14.3. The number of para-hydroxylation sites is 1. The lowest BCUT2D eigenvalue weighted by atomic mass is 9.96. The molecule has 0 bridgehead atoms. The van der Waals surface area contributed by atoms with Gasteiger partial charge in [0.1, 0.15) is 5.75 Å². The lowest BCUT2D eigenvalue weighted by Gasteiger charge is -2.27. The van der Waals surface area contributed by atoms with Crippen LogP contribution in [0.1, 0.15) is 37.3 Å². The van der Waals surface area contributed by atoms with Crippen LogP contribution >= 0.6 is 24.0 Å². The molecule has 1 saturated carbocycles.